The van der Waals surface area contributed by atoms with E-state index >= 15 is 0 Å². The molecule has 3 rings (SSSR count). The molecule has 0 radical (unpaired) electrons. The minimum atomic E-state index is 0.661. The zero-order chi connectivity index (χ0) is 16.6. The van der Waals surface area contributed by atoms with Crippen LogP contribution in [0.3, 0.4) is 0 Å². The maximum atomic E-state index is 5.41. The lowest BCUT2D eigenvalue weighted by Gasteiger charge is -2.27. The summed E-state index contributed by atoms with van der Waals surface area (Å²) in [6, 6.07) is 18.7. The summed E-state index contributed by atoms with van der Waals surface area (Å²) in [7, 11) is 0. The minimum Gasteiger partial charge on any atom is -0.358 e. The molecule has 0 atom stereocenters. The Morgan fingerprint density at radius 3 is 2.29 bits per heavy atom. The number of hydrogen-bond donors (Lipinski definition) is 2. The first-order chi connectivity index (χ1) is 11.8. The topological polar surface area (TPSA) is 27.3 Å². The number of rotatable bonds is 5. The molecule has 2 aromatic carbocycles. The van der Waals surface area contributed by atoms with Crippen molar-refractivity contribution in [3.8, 4) is 0 Å². The van der Waals surface area contributed by atoms with Crippen molar-refractivity contribution in [1.29, 1.82) is 0 Å². The van der Waals surface area contributed by atoms with E-state index < -0.39 is 0 Å². The van der Waals surface area contributed by atoms with Crippen LogP contribution in [0.2, 0.25) is 0 Å². The van der Waals surface area contributed by atoms with Crippen molar-refractivity contribution in [3.63, 3.8) is 0 Å². The van der Waals surface area contributed by atoms with Gasteiger partial charge in [-0.1, -0.05) is 48.9 Å². The highest BCUT2D eigenvalue weighted by molar-refractivity contribution is 7.80. The van der Waals surface area contributed by atoms with E-state index in [9.17, 15) is 0 Å². The van der Waals surface area contributed by atoms with Crippen molar-refractivity contribution in [2.75, 3.05) is 18.4 Å². The Morgan fingerprint density at radius 1 is 0.875 bits per heavy atom. The third kappa shape index (κ3) is 5.05. The molecule has 0 saturated carbocycles. The van der Waals surface area contributed by atoms with Crippen LogP contribution in [0.1, 0.15) is 30.4 Å². The van der Waals surface area contributed by atoms with Gasteiger partial charge < -0.3 is 10.6 Å². The van der Waals surface area contributed by atoms with Crippen LogP contribution in [0.4, 0.5) is 5.69 Å². The molecule has 1 saturated heterocycles. The second-order valence-corrected chi connectivity index (χ2v) is 6.69. The summed E-state index contributed by atoms with van der Waals surface area (Å²) in [6.07, 6.45) is 4.02. The van der Waals surface area contributed by atoms with Gasteiger partial charge in [-0.3, -0.25) is 4.90 Å². The Hall–Kier alpha value is -1.91. The maximum absolute atomic E-state index is 5.41. The van der Waals surface area contributed by atoms with Crippen LogP contribution in [0, 0.1) is 0 Å². The van der Waals surface area contributed by atoms with Gasteiger partial charge in [-0.05, 0) is 61.4 Å². The van der Waals surface area contributed by atoms with E-state index in [0.29, 0.717) is 5.11 Å². The van der Waals surface area contributed by atoms with Crippen LogP contribution in [0.25, 0.3) is 0 Å². The summed E-state index contributed by atoms with van der Waals surface area (Å²) < 4.78 is 0. The highest BCUT2D eigenvalue weighted by Gasteiger charge is 2.12. The quantitative estimate of drug-likeness (QED) is 0.800. The van der Waals surface area contributed by atoms with Crippen LogP contribution in [0.5, 0.6) is 0 Å². The lowest BCUT2D eigenvalue weighted by Crippen LogP contribution is -2.31. The van der Waals surface area contributed by atoms with Crippen molar-refractivity contribution in [1.82, 2.24) is 10.2 Å². The summed E-state index contributed by atoms with van der Waals surface area (Å²) >= 11 is 5.41. The molecule has 0 aromatic heterocycles. The van der Waals surface area contributed by atoms with Crippen molar-refractivity contribution in [3.05, 3.63) is 65.7 Å². The fraction of sp³-hybridized carbons (Fsp3) is 0.350. The summed E-state index contributed by atoms with van der Waals surface area (Å²) in [4.78, 5) is 2.56. The Kier molecular flexibility index (Phi) is 6.21. The second-order valence-electron chi connectivity index (χ2n) is 6.28. The van der Waals surface area contributed by atoms with Gasteiger partial charge in [0, 0.05) is 18.8 Å². The Balaban J connectivity index is 1.55. The third-order valence-corrected chi connectivity index (χ3v) is 4.68. The summed E-state index contributed by atoms with van der Waals surface area (Å²) in [5, 5.41) is 7.21. The molecular formula is C20H25N3S. The van der Waals surface area contributed by atoms with Crippen molar-refractivity contribution < 1.29 is 0 Å². The summed E-state index contributed by atoms with van der Waals surface area (Å²) in [5.41, 5.74) is 3.73. The first-order valence-corrected chi connectivity index (χ1v) is 9.11. The van der Waals surface area contributed by atoms with Crippen LogP contribution >= 0.6 is 12.2 Å². The standard InChI is InChI=1S/C20H25N3S/c24-20(22-19-11-3-1-4-12-19)21-15-17-9-5-6-10-18(17)16-23-13-7-2-8-14-23/h1,3-6,9-12H,2,7-8,13-16H2,(H2,21,22,24). The zero-order valence-electron chi connectivity index (χ0n) is 14.0. The van der Waals surface area contributed by atoms with Gasteiger partial charge >= 0.3 is 0 Å². The Morgan fingerprint density at radius 2 is 1.54 bits per heavy atom. The molecule has 0 aliphatic carbocycles. The largest absolute Gasteiger partial charge is 0.358 e. The Labute approximate surface area is 150 Å². The van der Waals surface area contributed by atoms with E-state index in [1.807, 2.05) is 30.3 Å². The molecule has 1 heterocycles. The molecular weight excluding hydrogens is 314 g/mol. The normalized spacial score (nSPS) is 15.0. The van der Waals surface area contributed by atoms with Crippen LogP contribution < -0.4 is 10.6 Å². The van der Waals surface area contributed by atoms with Crippen LogP contribution in [-0.4, -0.2) is 23.1 Å². The number of piperidine rings is 1. The first-order valence-electron chi connectivity index (χ1n) is 8.70. The number of likely N-dealkylation sites (tertiary alicyclic amines) is 1. The van der Waals surface area contributed by atoms with Gasteiger partial charge in [-0.2, -0.15) is 0 Å². The number of anilines is 1. The molecule has 0 unspecified atom stereocenters. The smallest absolute Gasteiger partial charge is 0.171 e. The van der Waals surface area contributed by atoms with Gasteiger partial charge in [0.25, 0.3) is 0 Å². The van der Waals surface area contributed by atoms with Gasteiger partial charge in [0.1, 0.15) is 0 Å². The van der Waals surface area contributed by atoms with Gasteiger partial charge in [0.05, 0.1) is 0 Å². The SMILES string of the molecule is S=C(NCc1ccccc1CN1CCCCC1)Nc1ccccc1. The lowest BCUT2D eigenvalue weighted by molar-refractivity contribution is 0.220. The fourth-order valence-electron chi connectivity index (χ4n) is 3.11. The van der Waals surface area contributed by atoms with Gasteiger partial charge in [-0.15, -0.1) is 0 Å². The molecule has 0 spiro atoms. The van der Waals surface area contributed by atoms with Crippen LogP contribution in [-0.2, 0) is 13.1 Å². The molecule has 1 aliphatic heterocycles. The molecule has 0 amide bonds. The van der Waals surface area contributed by atoms with E-state index in [1.165, 1.54) is 43.5 Å². The number of nitrogens with one attached hydrogen (secondary N) is 2. The Bertz CT molecular complexity index is 651. The minimum absolute atomic E-state index is 0.661. The van der Waals surface area contributed by atoms with E-state index in [1.54, 1.807) is 0 Å². The average molecular weight is 340 g/mol. The zero-order valence-corrected chi connectivity index (χ0v) is 14.8. The fourth-order valence-corrected chi connectivity index (χ4v) is 3.30. The number of para-hydroxylation sites is 1. The van der Waals surface area contributed by atoms with Crippen molar-refractivity contribution in [2.24, 2.45) is 0 Å². The van der Waals surface area contributed by atoms with Gasteiger partial charge in [0.2, 0.25) is 0 Å². The van der Waals surface area contributed by atoms with E-state index in [2.05, 4.69) is 39.8 Å². The first kappa shape index (κ1) is 16.9. The third-order valence-electron chi connectivity index (χ3n) is 4.43. The van der Waals surface area contributed by atoms with Gasteiger partial charge in [0.15, 0.2) is 5.11 Å². The molecule has 3 nitrogen and oxygen atoms in total. The maximum Gasteiger partial charge on any atom is 0.171 e. The molecule has 1 fully saturated rings. The van der Waals surface area contributed by atoms with Crippen molar-refractivity contribution in [2.45, 2.75) is 32.4 Å². The van der Waals surface area contributed by atoms with E-state index in [4.69, 9.17) is 12.2 Å². The number of thiocarbonyl (C=S) groups is 1. The predicted octanol–water partition coefficient (Wildman–Crippen LogP) is 4.16. The van der Waals surface area contributed by atoms with Gasteiger partial charge in [-0.25, -0.2) is 0 Å². The number of hydrogen-bond acceptors (Lipinski definition) is 2. The van der Waals surface area contributed by atoms with Crippen LogP contribution in [0.15, 0.2) is 54.6 Å². The molecule has 2 N–H and O–H groups in total. The highest BCUT2D eigenvalue weighted by Crippen LogP contribution is 2.16. The second kappa shape index (κ2) is 8.81. The van der Waals surface area contributed by atoms with E-state index in [-0.39, 0.29) is 0 Å². The summed E-state index contributed by atoms with van der Waals surface area (Å²) in [6.45, 7) is 4.23. The highest BCUT2D eigenvalue weighted by atomic mass is 32.1. The lowest BCUT2D eigenvalue weighted by atomic mass is 10.0. The molecule has 4 heteroatoms. The monoisotopic (exact) mass is 339 g/mol. The number of nitrogens with zero attached hydrogens (tertiary/aromatic N) is 1. The average Bonchev–Trinajstić information content (AvgIpc) is 2.63. The molecule has 0 bridgehead atoms. The molecule has 24 heavy (non-hydrogen) atoms. The predicted molar refractivity (Wildman–Crippen MR) is 105 cm³/mol. The molecule has 126 valence electrons. The van der Waals surface area contributed by atoms with Crippen molar-refractivity contribution >= 4 is 23.0 Å². The molecule has 1 aliphatic rings. The van der Waals surface area contributed by atoms with E-state index in [0.717, 1.165) is 18.8 Å². The number of benzene rings is 2. The summed E-state index contributed by atoms with van der Waals surface area (Å²) in [5.74, 6) is 0. The molecule has 2 aromatic rings.